The van der Waals surface area contributed by atoms with Gasteiger partial charge in [0.25, 0.3) is 0 Å². The Bertz CT molecular complexity index is 695. The van der Waals surface area contributed by atoms with Gasteiger partial charge >= 0.3 is 0 Å². The highest BCUT2D eigenvalue weighted by atomic mass is 16.7. The van der Waals surface area contributed by atoms with Crippen LogP contribution in [0.4, 0.5) is 5.69 Å². The third-order valence-electron chi connectivity index (χ3n) is 4.15. The SMILES string of the molecule is CC1(C)OC[C@@H](Cn2c(C(C)(C)C)cc3cc(N)ccc32)O1. The summed E-state index contributed by atoms with van der Waals surface area (Å²) in [6.45, 7) is 12.1. The topological polar surface area (TPSA) is 49.4 Å². The van der Waals surface area contributed by atoms with Crippen LogP contribution in [0.2, 0.25) is 0 Å². The quantitative estimate of drug-likeness (QED) is 0.861. The smallest absolute Gasteiger partial charge is 0.163 e. The molecule has 1 aliphatic heterocycles. The summed E-state index contributed by atoms with van der Waals surface area (Å²) in [5.41, 5.74) is 9.29. The minimum atomic E-state index is -0.486. The van der Waals surface area contributed by atoms with Crippen LogP contribution in [0.5, 0.6) is 0 Å². The molecule has 0 radical (unpaired) electrons. The van der Waals surface area contributed by atoms with Gasteiger partial charge in [0.1, 0.15) is 6.10 Å². The molecule has 0 saturated carbocycles. The van der Waals surface area contributed by atoms with Crippen LogP contribution in [0.3, 0.4) is 0 Å². The molecular weight excluding hydrogens is 276 g/mol. The first-order valence-corrected chi connectivity index (χ1v) is 7.87. The van der Waals surface area contributed by atoms with E-state index in [2.05, 4.69) is 37.5 Å². The standard InChI is InChI=1S/C18H26N2O2/c1-17(2,3)16-9-12-8-13(19)6-7-15(12)20(16)10-14-11-21-18(4,5)22-14/h6-9,14H,10-11,19H2,1-5H3/t14-/m1/s1. The second-order valence-electron chi connectivity index (χ2n) is 7.66. The Balaban J connectivity index is 2.03. The maximum Gasteiger partial charge on any atom is 0.163 e. The number of nitrogens with two attached hydrogens (primary N) is 1. The van der Waals surface area contributed by atoms with Crippen LogP contribution in [-0.4, -0.2) is 23.1 Å². The number of hydrogen-bond acceptors (Lipinski definition) is 3. The highest BCUT2D eigenvalue weighted by Crippen LogP contribution is 2.32. The molecule has 0 aliphatic carbocycles. The minimum absolute atomic E-state index is 0.0583. The Morgan fingerprint density at radius 2 is 2.00 bits per heavy atom. The van der Waals surface area contributed by atoms with E-state index >= 15 is 0 Å². The molecule has 4 nitrogen and oxygen atoms in total. The predicted molar refractivity (Wildman–Crippen MR) is 90.0 cm³/mol. The molecule has 1 saturated heterocycles. The molecule has 2 N–H and O–H groups in total. The molecule has 120 valence electrons. The second kappa shape index (κ2) is 5.00. The lowest BCUT2D eigenvalue weighted by atomic mass is 9.92. The molecule has 0 bridgehead atoms. The van der Waals surface area contributed by atoms with Gasteiger partial charge in [-0.2, -0.15) is 0 Å². The Morgan fingerprint density at radius 1 is 1.27 bits per heavy atom. The monoisotopic (exact) mass is 302 g/mol. The summed E-state index contributed by atoms with van der Waals surface area (Å²) in [7, 11) is 0. The fourth-order valence-electron chi connectivity index (χ4n) is 3.16. The van der Waals surface area contributed by atoms with Gasteiger partial charge in [0.2, 0.25) is 0 Å². The van der Waals surface area contributed by atoms with Gasteiger partial charge in [-0.3, -0.25) is 0 Å². The fraction of sp³-hybridized carbons (Fsp3) is 0.556. The Hall–Kier alpha value is -1.52. The summed E-state index contributed by atoms with van der Waals surface area (Å²) < 4.78 is 14.0. The van der Waals surface area contributed by atoms with Crippen molar-refractivity contribution in [1.82, 2.24) is 4.57 Å². The van der Waals surface area contributed by atoms with Crippen molar-refractivity contribution in [1.29, 1.82) is 0 Å². The van der Waals surface area contributed by atoms with Crippen molar-refractivity contribution in [3.05, 3.63) is 30.0 Å². The van der Waals surface area contributed by atoms with Crippen molar-refractivity contribution in [2.75, 3.05) is 12.3 Å². The molecule has 3 rings (SSSR count). The van der Waals surface area contributed by atoms with E-state index < -0.39 is 5.79 Å². The minimum Gasteiger partial charge on any atom is -0.399 e. The van der Waals surface area contributed by atoms with Crippen molar-refractivity contribution >= 4 is 16.6 Å². The van der Waals surface area contributed by atoms with Gasteiger partial charge in [0, 0.05) is 27.7 Å². The lowest BCUT2D eigenvalue weighted by molar-refractivity contribution is -0.139. The highest BCUT2D eigenvalue weighted by molar-refractivity contribution is 5.84. The van der Waals surface area contributed by atoms with Crippen LogP contribution in [0.15, 0.2) is 24.3 Å². The van der Waals surface area contributed by atoms with Crippen LogP contribution >= 0.6 is 0 Å². The molecule has 0 amide bonds. The molecular formula is C18H26N2O2. The van der Waals surface area contributed by atoms with Crippen molar-refractivity contribution in [3.63, 3.8) is 0 Å². The van der Waals surface area contributed by atoms with E-state index in [0.29, 0.717) is 6.61 Å². The van der Waals surface area contributed by atoms with Gasteiger partial charge in [0.05, 0.1) is 13.2 Å². The van der Waals surface area contributed by atoms with Crippen LogP contribution in [0, 0.1) is 0 Å². The summed E-state index contributed by atoms with van der Waals surface area (Å²) in [6.07, 6.45) is 0.0734. The molecule has 2 heterocycles. The number of aromatic nitrogens is 1. The third-order valence-corrected chi connectivity index (χ3v) is 4.15. The molecule has 2 aromatic rings. The van der Waals surface area contributed by atoms with E-state index in [1.807, 2.05) is 26.0 Å². The molecule has 1 atom stereocenters. The summed E-state index contributed by atoms with van der Waals surface area (Å²) in [5, 5.41) is 1.18. The number of rotatable bonds is 2. The predicted octanol–water partition coefficient (Wildman–Crippen LogP) is 3.67. The highest BCUT2D eigenvalue weighted by Gasteiger charge is 2.34. The molecule has 0 unspecified atom stereocenters. The summed E-state index contributed by atoms with van der Waals surface area (Å²) >= 11 is 0. The molecule has 0 spiro atoms. The van der Waals surface area contributed by atoms with Crippen molar-refractivity contribution in [2.24, 2.45) is 0 Å². The summed E-state index contributed by atoms with van der Waals surface area (Å²) in [5.74, 6) is -0.486. The van der Waals surface area contributed by atoms with E-state index in [1.165, 1.54) is 16.6 Å². The van der Waals surface area contributed by atoms with E-state index in [0.717, 1.165) is 12.2 Å². The normalized spacial score (nSPS) is 21.6. The van der Waals surface area contributed by atoms with Crippen molar-refractivity contribution in [3.8, 4) is 0 Å². The number of anilines is 1. The van der Waals surface area contributed by atoms with Crippen LogP contribution in [0.25, 0.3) is 10.9 Å². The molecule has 1 aliphatic rings. The lowest BCUT2D eigenvalue weighted by Crippen LogP contribution is -2.26. The number of fused-ring (bicyclic) bond motifs is 1. The average Bonchev–Trinajstić information content (AvgIpc) is 2.90. The first-order valence-electron chi connectivity index (χ1n) is 7.87. The summed E-state index contributed by atoms with van der Waals surface area (Å²) in [6, 6.07) is 8.34. The first-order chi connectivity index (χ1) is 10.2. The van der Waals surface area contributed by atoms with Gasteiger partial charge < -0.3 is 19.8 Å². The Labute approximate surface area is 132 Å². The molecule has 1 aromatic carbocycles. The van der Waals surface area contributed by atoms with Gasteiger partial charge in [0.15, 0.2) is 5.79 Å². The van der Waals surface area contributed by atoms with Crippen LogP contribution in [0.1, 0.15) is 40.3 Å². The zero-order valence-corrected chi connectivity index (χ0v) is 14.1. The number of nitrogen functional groups attached to an aromatic ring is 1. The molecule has 4 heteroatoms. The largest absolute Gasteiger partial charge is 0.399 e. The Kier molecular flexibility index (Phi) is 3.49. The Morgan fingerprint density at radius 3 is 2.59 bits per heavy atom. The number of nitrogens with zero attached hydrogens (tertiary/aromatic N) is 1. The first kappa shape index (κ1) is 15.4. The van der Waals surface area contributed by atoms with Crippen LogP contribution < -0.4 is 5.73 Å². The van der Waals surface area contributed by atoms with Crippen molar-refractivity contribution in [2.45, 2.75) is 58.5 Å². The van der Waals surface area contributed by atoms with Crippen molar-refractivity contribution < 1.29 is 9.47 Å². The van der Waals surface area contributed by atoms with Gasteiger partial charge in [-0.25, -0.2) is 0 Å². The maximum absolute atomic E-state index is 5.99. The van der Waals surface area contributed by atoms with E-state index in [4.69, 9.17) is 15.2 Å². The average molecular weight is 302 g/mol. The molecule has 1 aromatic heterocycles. The number of ether oxygens (including phenoxy) is 2. The van der Waals surface area contributed by atoms with E-state index in [9.17, 15) is 0 Å². The van der Waals surface area contributed by atoms with E-state index in [-0.39, 0.29) is 11.5 Å². The third kappa shape index (κ3) is 2.85. The zero-order valence-electron chi connectivity index (χ0n) is 14.1. The number of hydrogen-bond donors (Lipinski definition) is 1. The van der Waals surface area contributed by atoms with Gasteiger partial charge in [-0.15, -0.1) is 0 Å². The van der Waals surface area contributed by atoms with Crippen LogP contribution in [-0.2, 0) is 21.4 Å². The van der Waals surface area contributed by atoms with Gasteiger partial charge in [-0.1, -0.05) is 20.8 Å². The number of benzene rings is 1. The fourth-order valence-corrected chi connectivity index (χ4v) is 3.16. The molecule has 22 heavy (non-hydrogen) atoms. The summed E-state index contributed by atoms with van der Waals surface area (Å²) in [4.78, 5) is 0. The maximum atomic E-state index is 5.99. The molecule has 1 fully saturated rings. The second-order valence-corrected chi connectivity index (χ2v) is 7.66. The van der Waals surface area contributed by atoms with E-state index in [1.54, 1.807) is 0 Å². The zero-order chi connectivity index (χ0) is 16.1. The lowest BCUT2D eigenvalue weighted by Gasteiger charge is -2.24. The van der Waals surface area contributed by atoms with Gasteiger partial charge in [-0.05, 0) is 38.1 Å².